The minimum absolute atomic E-state index is 0.161. The van der Waals surface area contributed by atoms with Gasteiger partial charge in [0, 0.05) is 29.9 Å². The van der Waals surface area contributed by atoms with Crippen LogP contribution in [0.3, 0.4) is 0 Å². The lowest BCUT2D eigenvalue weighted by molar-refractivity contribution is 0.260. The molecule has 100 valence electrons. The number of nitrogens with one attached hydrogen (secondary N) is 1. The van der Waals surface area contributed by atoms with Crippen molar-refractivity contribution in [3.63, 3.8) is 0 Å². The molecule has 2 nitrogen and oxygen atoms in total. The molecule has 1 saturated heterocycles. The summed E-state index contributed by atoms with van der Waals surface area (Å²) in [6, 6.07) is 6.74. The normalized spacial score (nSPS) is 22.0. The van der Waals surface area contributed by atoms with Crippen LogP contribution in [0.2, 0.25) is 0 Å². The fraction of sp³-hybridized carbons (Fsp3) is 0.625. The summed E-state index contributed by atoms with van der Waals surface area (Å²) in [4.78, 5) is 2.56. The number of hydrogen-bond acceptors (Lipinski definition) is 2. The molecule has 1 N–H and O–H groups in total. The van der Waals surface area contributed by atoms with Crippen LogP contribution >= 0.6 is 0 Å². The molecule has 2 rings (SSSR count). The Morgan fingerprint density at radius 1 is 1.11 bits per heavy atom. The average Bonchev–Trinajstić information content (AvgIpc) is 2.26. The molecular formula is C16H26N2. The monoisotopic (exact) mass is 246 g/mol. The summed E-state index contributed by atoms with van der Waals surface area (Å²) in [7, 11) is 0. The van der Waals surface area contributed by atoms with Crippen molar-refractivity contribution in [2.24, 2.45) is 0 Å². The average molecular weight is 246 g/mol. The molecule has 0 spiro atoms. The molecule has 0 atom stereocenters. The molecule has 1 aliphatic heterocycles. The Hall–Kier alpha value is -1.02. The Bertz CT molecular complexity index is 446. The maximum Gasteiger partial charge on any atom is 0.0471 e. The lowest BCUT2D eigenvalue weighted by atomic mass is 9.90. The van der Waals surface area contributed by atoms with E-state index >= 15 is 0 Å². The topological polar surface area (TPSA) is 15.3 Å². The van der Waals surface area contributed by atoms with Gasteiger partial charge < -0.3 is 10.2 Å². The minimum atomic E-state index is 0.161. The Labute approximate surface area is 111 Å². The van der Waals surface area contributed by atoms with Crippen molar-refractivity contribution >= 4 is 5.69 Å². The van der Waals surface area contributed by atoms with Crippen molar-refractivity contribution in [3.8, 4) is 0 Å². The molecule has 1 aromatic rings. The number of nitrogens with zero attached hydrogens (tertiary/aromatic N) is 1. The van der Waals surface area contributed by atoms with Gasteiger partial charge in [-0.05, 0) is 58.7 Å². The van der Waals surface area contributed by atoms with E-state index in [-0.39, 0.29) is 11.1 Å². The summed E-state index contributed by atoms with van der Waals surface area (Å²) in [6.45, 7) is 15.6. The smallest absolute Gasteiger partial charge is 0.0471 e. The van der Waals surface area contributed by atoms with E-state index in [1.165, 1.54) is 16.8 Å². The predicted octanol–water partition coefficient (Wildman–Crippen LogP) is 3.27. The maximum atomic E-state index is 3.64. The minimum Gasteiger partial charge on any atom is -0.363 e. The highest BCUT2D eigenvalue weighted by Crippen LogP contribution is 2.32. The van der Waals surface area contributed by atoms with Gasteiger partial charge in [0.25, 0.3) is 0 Å². The van der Waals surface area contributed by atoms with E-state index in [0.717, 1.165) is 13.1 Å². The van der Waals surface area contributed by atoms with Crippen LogP contribution in [-0.4, -0.2) is 24.2 Å². The van der Waals surface area contributed by atoms with Gasteiger partial charge in [-0.15, -0.1) is 0 Å². The molecular weight excluding hydrogens is 220 g/mol. The third-order valence-electron chi connectivity index (χ3n) is 3.94. The van der Waals surface area contributed by atoms with Crippen LogP contribution < -0.4 is 10.2 Å². The first-order chi connectivity index (χ1) is 8.21. The van der Waals surface area contributed by atoms with Gasteiger partial charge in [-0.3, -0.25) is 0 Å². The molecule has 0 amide bonds. The maximum absolute atomic E-state index is 3.64. The van der Waals surface area contributed by atoms with Crippen molar-refractivity contribution in [1.29, 1.82) is 0 Å². The largest absolute Gasteiger partial charge is 0.363 e. The van der Waals surface area contributed by atoms with Crippen molar-refractivity contribution in [1.82, 2.24) is 5.32 Å². The highest BCUT2D eigenvalue weighted by Gasteiger charge is 2.38. The number of benzene rings is 1. The molecule has 18 heavy (non-hydrogen) atoms. The molecule has 0 saturated carbocycles. The van der Waals surface area contributed by atoms with Gasteiger partial charge in [0.1, 0.15) is 0 Å². The van der Waals surface area contributed by atoms with E-state index in [0.29, 0.717) is 0 Å². The van der Waals surface area contributed by atoms with Gasteiger partial charge in [-0.25, -0.2) is 0 Å². The first-order valence-electron chi connectivity index (χ1n) is 6.81. The fourth-order valence-electron chi connectivity index (χ4n) is 2.64. The summed E-state index contributed by atoms with van der Waals surface area (Å²) in [5.41, 5.74) is 4.42. The van der Waals surface area contributed by atoms with E-state index in [1.54, 1.807) is 0 Å². The van der Waals surface area contributed by atoms with Crippen molar-refractivity contribution in [3.05, 3.63) is 29.3 Å². The van der Waals surface area contributed by atoms with E-state index in [9.17, 15) is 0 Å². The summed E-state index contributed by atoms with van der Waals surface area (Å²) in [5.74, 6) is 0. The molecule has 0 bridgehead atoms. The Kier molecular flexibility index (Phi) is 3.18. The molecule has 0 unspecified atom stereocenters. The fourth-order valence-corrected chi connectivity index (χ4v) is 2.64. The third-order valence-corrected chi connectivity index (χ3v) is 3.94. The lowest BCUT2D eigenvalue weighted by Gasteiger charge is -2.51. The number of rotatable bonds is 1. The quantitative estimate of drug-likeness (QED) is 0.818. The molecule has 1 fully saturated rings. The first kappa shape index (κ1) is 13.4. The van der Waals surface area contributed by atoms with Gasteiger partial charge in [-0.1, -0.05) is 12.1 Å². The van der Waals surface area contributed by atoms with E-state index in [4.69, 9.17) is 0 Å². The number of hydrogen-bond donors (Lipinski definition) is 1. The zero-order valence-electron chi connectivity index (χ0n) is 12.6. The Balaban J connectivity index is 2.42. The second kappa shape index (κ2) is 4.27. The van der Waals surface area contributed by atoms with Gasteiger partial charge in [0.2, 0.25) is 0 Å². The first-order valence-corrected chi connectivity index (χ1v) is 6.81. The number of piperazine rings is 1. The van der Waals surface area contributed by atoms with Crippen LogP contribution in [0.5, 0.6) is 0 Å². The Morgan fingerprint density at radius 3 is 2.44 bits per heavy atom. The summed E-state index contributed by atoms with van der Waals surface area (Å²) in [6.07, 6.45) is 0. The molecule has 0 aliphatic carbocycles. The standard InChI is InChI=1S/C16H26N2/c1-12-7-8-13(2)14(9-12)18-11-15(3,4)17-10-16(18,5)6/h7-9,17H,10-11H2,1-6H3. The van der Waals surface area contributed by atoms with Gasteiger partial charge >= 0.3 is 0 Å². The molecule has 1 aliphatic rings. The zero-order valence-corrected chi connectivity index (χ0v) is 12.6. The predicted molar refractivity (Wildman–Crippen MR) is 79.4 cm³/mol. The zero-order chi connectivity index (χ0) is 13.6. The van der Waals surface area contributed by atoms with Gasteiger partial charge in [-0.2, -0.15) is 0 Å². The number of anilines is 1. The van der Waals surface area contributed by atoms with E-state index in [1.807, 2.05) is 0 Å². The van der Waals surface area contributed by atoms with Crippen molar-refractivity contribution in [2.75, 3.05) is 18.0 Å². The van der Waals surface area contributed by atoms with Crippen molar-refractivity contribution in [2.45, 2.75) is 52.6 Å². The second-order valence-corrected chi connectivity index (χ2v) is 6.93. The van der Waals surface area contributed by atoms with E-state index in [2.05, 4.69) is 70.0 Å². The van der Waals surface area contributed by atoms with Crippen LogP contribution in [0.15, 0.2) is 18.2 Å². The molecule has 1 aromatic carbocycles. The van der Waals surface area contributed by atoms with E-state index < -0.39 is 0 Å². The second-order valence-electron chi connectivity index (χ2n) is 6.93. The molecule has 0 aromatic heterocycles. The van der Waals surface area contributed by atoms with Crippen molar-refractivity contribution < 1.29 is 0 Å². The van der Waals surface area contributed by atoms with Crippen LogP contribution in [0.25, 0.3) is 0 Å². The van der Waals surface area contributed by atoms with Gasteiger partial charge in [0.05, 0.1) is 0 Å². The highest BCUT2D eigenvalue weighted by molar-refractivity contribution is 5.57. The highest BCUT2D eigenvalue weighted by atomic mass is 15.3. The van der Waals surface area contributed by atoms with Crippen LogP contribution in [-0.2, 0) is 0 Å². The lowest BCUT2D eigenvalue weighted by Crippen LogP contribution is -2.66. The molecule has 0 radical (unpaired) electrons. The summed E-state index contributed by atoms with van der Waals surface area (Å²) in [5, 5.41) is 3.64. The summed E-state index contributed by atoms with van der Waals surface area (Å²) >= 11 is 0. The molecule has 2 heteroatoms. The number of aryl methyl sites for hydroxylation is 2. The third kappa shape index (κ3) is 2.54. The molecule has 1 heterocycles. The summed E-state index contributed by atoms with van der Waals surface area (Å²) < 4.78 is 0. The van der Waals surface area contributed by atoms with Crippen LogP contribution in [0.1, 0.15) is 38.8 Å². The SMILES string of the molecule is Cc1ccc(C)c(N2CC(C)(C)NCC2(C)C)c1. The van der Waals surface area contributed by atoms with Gasteiger partial charge in [0.15, 0.2) is 0 Å². The van der Waals surface area contributed by atoms with Crippen LogP contribution in [0, 0.1) is 13.8 Å². The Morgan fingerprint density at radius 2 is 1.78 bits per heavy atom. The van der Waals surface area contributed by atoms with Crippen LogP contribution in [0.4, 0.5) is 5.69 Å².